The third-order valence-corrected chi connectivity index (χ3v) is 5.84. The van der Waals surface area contributed by atoms with Gasteiger partial charge in [-0.3, -0.25) is 14.7 Å². The van der Waals surface area contributed by atoms with Crippen LogP contribution in [0, 0.1) is 5.92 Å². The van der Waals surface area contributed by atoms with E-state index in [2.05, 4.69) is 55.9 Å². The van der Waals surface area contributed by atoms with Crippen molar-refractivity contribution in [3.8, 4) is 5.75 Å². The second-order valence-corrected chi connectivity index (χ2v) is 8.41. The van der Waals surface area contributed by atoms with Crippen molar-refractivity contribution in [2.75, 3.05) is 20.2 Å². The summed E-state index contributed by atoms with van der Waals surface area (Å²) in [5.41, 5.74) is 1.66. The number of pyridine rings is 1. The molecule has 0 saturated heterocycles. The lowest BCUT2D eigenvalue weighted by Crippen LogP contribution is -2.34. The van der Waals surface area contributed by atoms with E-state index in [1.165, 1.54) is 5.56 Å². The van der Waals surface area contributed by atoms with Crippen LogP contribution in [0.4, 0.5) is 0 Å². The SMILES string of the molecule is COc1ccc(CN2CCc3nnc([C@@H](NC(=O)c4ccccn4)C(C)C)n3CC2)cc1. The maximum Gasteiger partial charge on any atom is 0.270 e. The van der Waals surface area contributed by atoms with Gasteiger partial charge in [0.2, 0.25) is 0 Å². The Hall–Kier alpha value is -3.26. The van der Waals surface area contributed by atoms with Gasteiger partial charge in [0.1, 0.15) is 17.3 Å². The van der Waals surface area contributed by atoms with Crippen molar-refractivity contribution in [3.05, 3.63) is 71.6 Å². The highest BCUT2D eigenvalue weighted by atomic mass is 16.5. The third kappa shape index (κ3) is 4.96. The molecule has 1 amide bonds. The number of aromatic nitrogens is 4. The molecule has 1 aliphatic rings. The minimum absolute atomic E-state index is 0.162. The smallest absolute Gasteiger partial charge is 0.270 e. The van der Waals surface area contributed by atoms with Gasteiger partial charge in [-0.1, -0.05) is 32.0 Å². The van der Waals surface area contributed by atoms with E-state index in [1.807, 2.05) is 18.2 Å². The lowest BCUT2D eigenvalue weighted by atomic mass is 10.0. The lowest BCUT2D eigenvalue weighted by molar-refractivity contribution is 0.0916. The Morgan fingerprint density at radius 3 is 2.59 bits per heavy atom. The summed E-state index contributed by atoms with van der Waals surface area (Å²) < 4.78 is 7.43. The highest BCUT2D eigenvalue weighted by molar-refractivity contribution is 5.92. The van der Waals surface area contributed by atoms with Crippen LogP contribution in [-0.4, -0.2) is 50.8 Å². The molecule has 0 unspecified atom stereocenters. The van der Waals surface area contributed by atoms with E-state index < -0.39 is 0 Å². The molecule has 32 heavy (non-hydrogen) atoms. The van der Waals surface area contributed by atoms with Crippen LogP contribution in [0.15, 0.2) is 48.7 Å². The van der Waals surface area contributed by atoms with Crippen LogP contribution in [0.1, 0.15) is 47.6 Å². The summed E-state index contributed by atoms with van der Waals surface area (Å²) in [6, 6.07) is 13.3. The first-order valence-corrected chi connectivity index (χ1v) is 11.0. The van der Waals surface area contributed by atoms with Crippen LogP contribution in [0.2, 0.25) is 0 Å². The molecule has 0 aliphatic carbocycles. The van der Waals surface area contributed by atoms with Crippen LogP contribution >= 0.6 is 0 Å². The van der Waals surface area contributed by atoms with Crippen LogP contribution in [0.25, 0.3) is 0 Å². The van der Waals surface area contributed by atoms with E-state index in [9.17, 15) is 4.79 Å². The number of nitrogens with one attached hydrogen (secondary N) is 1. The molecule has 8 heteroatoms. The molecule has 3 heterocycles. The van der Waals surface area contributed by atoms with Crippen molar-refractivity contribution in [2.45, 2.75) is 39.4 Å². The van der Waals surface area contributed by atoms with Crippen molar-refractivity contribution < 1.29 is 9.53 Å². The predicted molar refractivity (Wildman–Crippen MR) is 121 cm³/mol. The maximum atomic E-state index is 12.7. The molecule has 3 aromatic rings. The highest BCUT2D eigenvalue weighted by Crippen LogP contribution is 2.23. The van der Waals surface area contributed by atoms with Gasteiger partial charge in [0.25, 0.3) is 5.91 Å². The number of carbonyl (C=O) groups is 1. The summed E-state index contributed by atoms with van der Waals surface area (Å²) in [5, 5.41) is 12.1. The van der Waals surface area contributed by atoms with Crippen molar-refractivity contribution in [1.82, 2.24) is 30.0 Å². The first-order valence-electron chi connectivity index (χ1n) is 11.0. The quantitative estimate of drug-likeness (QED) is 0.616. The molecule has 4 rings (SSSR count). The monoisotopic (exact) mass is 434 g/mol. The Balaban J connectivity index is 1.46. The maximum absolute atomic E-state index is 12.7. The number of hydrogen-bond donors (Lipinski definition) is 1. The average molecular weight is 435 g/mol. The zero-order valence-electron chi connectivity index (χ0n) is 18.9. The Labute approximate surface area is 188 Å². The fraction of sp³-hybridized carbons (Fsp3) is 0.417. The number of benzene rings is 1. The summed E-state index contributed by atoms with van der Waals surface area (Å²) in [6.45, 7) is 7.63. The molecular formula is C24H30N6O2. The molecule has 1 atom stereocenters. The molecule has 168 valence electrons. The molecule has 8 nitrogen and oxygen atoms in total. The molecule has 2 aromatic heterocycles. The Kier molecular flexibility index (Phi) is 6.80. The molecule has 0 saturated carbocycles. The van der Waals surface area contributed by atoms with E-state index in [0.29, 0.717) is 5.69 Å². The average Bonchev–Trinajstić information content (AvgIpc) is 3.11. The van der Waals surface area contributed by atoms with E-state index in [0.717, 1.165) is 50.0 Å². The summed E-state index contributed by atoms with van der Waals surface area (Å²) in [4.78, 5) is 19.3. The zero-order valence-corrected chi connectivity index (χ0v) is 18.9. The van der Waals surface area contributed by atoms with Crippen LogP contribution in [-0.2, 0) is 19.5 Å². The summed E-state index contributed by atoms with van der Waals surface area (Å²) >= 11 is 0. The van der Waals surface area contributed by atoms with Gasteiger partial charge in [0, 0.05) is 38.8 Å². The summed E-state index contributed by atoms with van der Waals surface area (Å²) in [6.07, 6.45) is 2.45. The van der Waals surface area contributed by atoms with Gasteiger partial charge in [0.05, 0.1) is 13.2 Å². The Morgan fingerprint density at radius 1 is 1.09 bits per heavy atom. The number of rotatable bonds is 7. The standard InChI is InChI=1S/C24H30N6O2/c1-17(2)22(26-24(31)20-6-4-5-12-25-20)23-28-27-21-11-13-29(14-15-30(21)23)16-18-7-9-19(32-3)10-8-18/h4-10,12,17,22H,11,13-16H2,1-3H3,(H,26,31)/t22-/m0/s1. The number of methoxy groups -OCH3 is 1. The second-order valence-electron chi connectivity index (χ2n) is 8.41. The van der Waals surface area contributed by atoms with Gasteiger partial charge >= 0.3 is 0 Å². The van der Waals surface area contributed by atoms with Crippen LogP contribution in [0.5, 0.6) is 5.75 Å². The Bertz CT molecular complexity index is 1030. The second kappa shape index (κ2) is 9.91. The molecule has 0 spiro atoms. The minimum atomic E-state index is -0.237. The molecule has 0 radical (unpaired) electrons. The lowest BCUT2D eigenvalue weighted by Gasteiger charge is -2.23. The van der Waals surface area contributed by atoms with Gasteiger partial charge in [-0.05, 0) is 35.7 Å². The van der Waals surface area contributed by atoms with Crippen molar-refractivity contribution in [1.29, 1.82) is 0 Å². The fourth-order valence-corrected chi connectivity index (χ4v) is 4.01. The topological polar surface area (TPSA) is 85.2 Å². The first-order chi connectivity index (χ1) is 15.5. The number of amides is 1. The van der Waals surface area contributed by atoms with Gasteiger partial charge < -0.3 is 14.6 Å². The van der Waals surface area contributed by atoms with Gasteiger partial charge in [-0.25, -0.2) is 0 Å². The van der Waals surface area contributed by atoms with Crippen LogP contribution in [0.3, 0.4) is 0 Å². The van der Waals surface area contributed by atoms with Crippen molar-refractivity contribution in [3.63, 3.8) is 0 Å². The van der Waals surface area contributed by atoms with Crippen LogP contribution < -0.4 is 10.1 Å². The first kappa shape index (κ1) is 22.0. The number of carbonyl (C=O) groups excluding carboxylic acids is 1. The predicted octanol–water partition coefficient (Wildman–Crippen LogP) is 2.87. The van der Waals surface area contributed by atoms with E-state index in [4.69, 9.17) is 4.74 Å². The molecule has 0 fully saturated rings. The minimum Gasteiger partial charge on any atom is -0.497 e. The van der Waals surface area contributed by atoms with E-state index >= 15 is 0 Å². The number of ether oxygens (including phenoxy) is 1. The molecule has 1 aliphatic heterocycles. The number of hydrogen-bond acceptors (Lipinski definition) is 6. The molecule has 0 bridgehead atoms. The van der Waals surface area contributed by atoms with E-state index in [1.54, 1.807) is 25.4 Å². The summed E-state index contributed by atoms with van der Waals surface area (Å²) in [7, 11) is 1.68. The highest BCUT2D eigenvalue weighted by Gasteiger charge is 2.28. The number of nitrogens with zero attached hydrogens (tertiary/aromatic N) is 5. The number of fused-ring (bicyclic) bond motifs is 1. The largest absolute Gasteiger partial charge is 0.497 e. The van der Waals surface area contributed by atoms with Gasteiger partial charge in [-0.2, -0.15) is 0 Å². The zero-order chi connectivity index (χ0) is 22.5. The van der Waals surface area contributed by atoms with Crippen molar-refractivity contribution in [2.24, 2.45) is 5.92 Å². The summed E-state index contributed by atoms with van der Waals surface area (Å²) in [5.74, 6) is 2.61. The molecule has 1 N–H and O–H groups in total. The van der Waals surface area contributed by atoms with Crippen molar-refractivity contribution >= 4 is 5.91 Å². The normalized spacial score (nSPS) is 15.1. The molecule has 1 aromatic carbocycles. The fourth-order valence-electron chi connectivity index (χ4n) is 4.01. The third-order valence-electron chi connectivity index (χ3n) is 5.84. The van der Waals surface area contributed by atoms with E-state index in [-0.39, 0.29) is 17.9 Å². The molecular weight excluding hydrogens is 404 g/mol. The Morgan fingerprint density at radius 2 is 1.91 bits per heavy atom. The van der Waals surface area contributed by atoms with Gasteiger partial charge in [-0.15, -0.1) is 10.2 Å². The van der Waals surface area contributed by atoms with Gasteiger partial charge in [0.15, 0.2) is 5.82 Å².